The van der Waals surface area contributed by atoms with Gasteiger partial charge in [-0.1, -0.05) is 40.2 Å². The molecule has 2 saturated heterocycles. The van der Waals surface area contributed by atoms with E-state index < -0.39 is 0 Å². The van der Waals surface area contributed by atoms with Crippen molar-refractivity contribution in [3.8, 4) is 11.4 Å². The molecule has 0 atom stereocenters. The second kappa shape index (κ2) is 11.8. The van der Waals surface area contributed by atoms with E-state index in [1.807, 2.05) is 52.9 Å². The van der Waals surface area contributed by atoms with E-state index in [0.29, 0.717) is 29.3 Å². The third-order valence-corrected chi connectivity index (χ3v) is 8.83. The molecule has 2 aliphatic rings. The van der Waals surface area contributed by atoms with Gasteiger partial charge in [0.25, 0.3) is 5.56 Å². The minimum absolute atomic E-state index is 0.141. The quantitative estimate of drug-likeness (QED) is 0.251. The van der Waals surface area contributed by atoms with Gasteiger partial charge in [0.05, 0.1) is 24.1 Å². The van der Waals surface area contributed by atoms with Gasteiger partial charge in [0.15, 0.2) is 5.82 Å². The summed E-state index contributed by atoms with van der Waals surface area (Å²) in [7, 11) is 0. The van der Waals surface area contributed by atoms with Crippen LogP contribution in [0.5, 0.6) is 0 Å². The van der Waals surface area contributed by atoms with Crippen molar-refractivity contribution in [1.82, 2.24) is 29.4 Å². The lowest BCUT2D eigenvalue weighted by Crippen LogP contribution is -2.38. The van der Waals surface area contributed by atoms with Crippen LogP contribution < -0.4 is 21.1 Å². The van der Waals surface area contributed by atoms with Gasteiger partial charge in [-0.3, -0.25) is 18.7 Å². The number of rotatable bonds is 7. The number of likely N-dealkylation sites (tertiary alicyclic amines) is 1. The Morgan fingerprint density at radius 1 is 0.884 bits per heavy atom. The number of nitrogens with zero attached hydrogens (tertiary/aromatic N) is 6. The molecule has 2 aromatic heterocycles. The molecule has 10 nitrogen and oxygen atoms in total. The summed E-state index contributed by atoms with van der Waals surface area (Å²) in [5.74, 6) is 1.15. The van der Waals surface area contributed by atoms with Gasteiger partial charge in [-0.25, -0.2) is 4.79 Å². The van der Waals surface area contributed by atoms with Gasteiger partial charge < -0.3 is 15.5 Å². The lowest BCUT2D eigenvalue weighted by molar-refractivity contribution is 0.241. The van der Waals surface area contributed by atoms with E-state index in [0.717, 1.165) is 65.8 Å². The maximum Gasteiger partial charge on any atom is 0.320 e. The monoisotopic (exact) mass is 640 g/mol. The highest BCUT2D eigenvalue weighted by Gasteiger charge is 2.23. The number of halogens is 1. The van der Waals surface area contributed by atoms with Crippen molar-refractivity contribution < 1.29 is 4.79 Å². The molecule has 2 N–H and O–H groups in total. The molecule has 2 fully saturated rings. The van der Waals surface area contributed by atoms with E-state index in [1.165, 1.54) is 12.8 Å². The second-order valence-electron chi connectivity index (χ2n) is 11.2. The summed E-state index contributed by atoms with van der Waals surface area (Å²) in [6, 6.07) is 21.2. The van der Waals surface area contributed by atoms with Crippen molar-refractivity contribution in [2.75, 3.05) is 43.1 Å². The van der Waals surface area contributed by atoms with Crippen LogP contribution in [0, 0.1) is 0 Å². The molecular weight excluding hydrogens is 608 g/mol. The molecule has 43 heavy (non-hydrogen) atoms. The van der Waals surface area contributed by atoms with Gasteiger partial charge in [0.2, 0.25) is 5.78 Å². The Morgan fingerprint density at radius 2 is 1.67 bits per heavy atom. The standard InChI is InChI=1S/C32H33BrN8O2/c33-23-12-13-27(39-16-5-6-17-39)26(19-23)29-36-37-32-40(30(42)25-10-1-2-11-28(25)41(29)32)20-22-8-7-9-24(18-22)35-31(43)34-21-38-14-3-4-15-38/h1-2,7-13,18-19H,3-6,14-17,20-21H2,(H2,34,35,43). The zero-order chi connectivity index (χ0) is 29.3. The van der Waals surface area contributed by atoms with Gasteiger partial charge in [0.1, 0.15) is 0 Å². The number of benzene rings is 3. The zero-order valence-corrected chi connectivity index (χ0v) is 25.4. The number of fused-ring (bicyclic) bond motifs is 3. The first-order valence-electron chi connectivity index (χ1n) is 14.8. The van der Waals surface area contributed by atoms with E-state index >= 15 is 0 Å². The Morgan fingerprint density at radius 3 is 2.51 bits per heavy atom. The highest BCUT2D eigenvalue weighted by molar-refractivity contribution is 9.10. The number of hydrogen-bond acceptors (Lipinski definition) is 6. The molecule has 0 bridgehead atoms. The number of carbonyl (C=O) groups excluding carboxylic acids is 1. The van der Waals surface area contributed by atoms with Crippen LogP contribution in [-0.4, -0.2) is 62.9 Å². The number of anilines is 2. The number of carbonyl (C=O) groups is 1. The van der Waals surface area contributed by atoms with Crippen molar-refractivity contribution in [2.45, 2.75) is 32.2 Å². The average Bonchev–Trinajstić information content (AvgIpc) is 3.81. The summed E-state index contributed by atoms with van der Waals surface area (Å²) in [4.78, 5) is 31.1. The Labute approximate surface area is 257 Å². The summed E-state index contributed by atoms with van der Waals surface area (Å²) < 4.78 is 4.61. The minimum Gasteiger partial charge on any atom is -0.371 e. The maximum absolute atomic E-state index is 13.9. The molecule has 0 radical (unpaired) electrons. The fourth-order valence-electron chi connectivity index (χ4n) is 6.23. The van der Waals surface area contributed by atoms with Crippen LogP contribution in [0.2, 0.25) is 0 Å². The van der Waals surface area contributed by atoms with Crippen molar-refractivity contribution in [3.05, 3.63) is 87.1 Å². The van der Waals surface area contributed by atoms with E-state index in [9.17, 15) is 9.59 Å². The van der Waals surface area contributed by atoms with Gasteiger partial charge >= 0.3 is 6.03 Å². The third-order valence-electron chi connectivity index (χ3n) is 8.34. The third kappa shape index (κ3) is 5.50. The van der Waals surface area contributed by atoms with Gasteiger partial charge in [-0.15, -0.1) is 10.2 Å². The predicted octanol–water partition coefficient (Wildman–Crippen LogP) is 5.30. The molecule has 0 unspecified atom stereocenters. The van der Waals surface area contributed by atoms with Crippen molar-refractivity contribution >= 4 is 50.0 Å². The summed E-state index contributed by atoms with van der Waals surface area (Å²) in [6.07, 6.45) is 4.66. The minimum atomic E-state index is -0.251. The second-order valence-corrected chi connectivity index (χ2v) is 12.2. The van der Waals surface area contributed by atoms with Crippen molar-refractivity contribution in [1.29, 1.82) is 0 Å². The lowest BCUT2D eigenvalue weighted by atomic mass is 10.1. The molecule has 220 valence electrons. The molecule has 2 aliphatic heterocycles. The maximum atomic E-state index is 13.9. The number of amides is 2. The molecule has 11 heteroatoms. The summed E-state index contributed by atoms with van der Waals surface area (Å²) in [6.45, 7) is 4.82. The van der Waals surface area contributed by atoms with Crippen LogP contribution in [0.1, 0.15) is 31.2 Å². The van der Waals surface area contributed by atoms with E-state index in [2.05, 4.69) is 64.8 Å². The first-order valence-corrected chi connectivity index (χ1v) is 15.6. The smallest absolute Gasteiger partial charge is 0.320 e. The Balaban J connectivity index is 1.26. The molecule has 7 rings (SSSR count). The number of para-hydroxylation sites is 1. The van der Waals surface area contributed by atoms with E-state index in [4.69, 9.17) is 0 Å². The molecular formula is C32H33BrN8O2. The molecule has 0 aliphatic carbocycles. The zero-order valence-electron chi connectivity index (χ0n) is 23.8. The highest BCUT2D eigenvalue weighted by atomic mass is 79.9. The number of nitrogens with one attached hydrogen (secondary N) is 2. The average molecular weight is 642 g/mol. The lowest BCUT2D eigenvalue weighted by Gasteiger charge is -2.21. The van der Waals surface area contributed by atoms with E-state index in [1.54, 1.807) is 4.57 Å². The van der Waals surface area contributed by atoms with Crippen LogP contribution in [-0.2, 0) is 6.54 Å². The molecule has 2 amide bonds. The van der Waals surface area contributed by atoms with Gasteiger partial charge in [-0.2, -0.15) is 0 Å². The number of hydrogen-bond donors (Lipinski definition) is 2. The molecule has 0 saturated carbocycles. The van der Waals surface area contributed by atoms with Crippen LogP contribution in [0.3, 0.4) is 0 Å². The van der Waals surface area contributed by atoms with Crippen LogP contribution in [0.25, 0.3) is 28.1 Å². The normalized spacial score (nSPS) is 15.5. The largest absolute Gasteiger partial charge is 0.371 e. The highest BCUT2D eigenvalue weighted by Crippen LogP contribution is 2.35. The first kappa shape index (κ1) is 27.6. The van der Waals surface area contributed by atoms with E-state index in [-0.39, 0.29) is 18.1 Å². The molecule has 3 aromatic carbocycles. The Hall–Kier alpha value is -4.22. The van der Waals surface area contributed by atoms with Crippen molar-refractivity contribution in [2.24, 2.45) is 0 Å². The van der Waals surface area contributed by atoms with Gasteiger partial charge in [-0.05, 0) is 86.8 Å². The molecule has 5 aromatic rings. The summed E-state index contributed by atoms with van der Waals surface area (Å²) >= 11 is 3.66. The molecule has 0 spiro atoms. The fourth-order valence-corrected chi connectivity index (χ4v) is 6.59. The van der Waals surface area contributed by atoms with Crippen LogP contribution in [0.15, 0.2) is 76.0 Å². The number of aromatic nitrogens is 4. The Bertz CT molecular complexity index is 1870. The summed E-state index contributed by atoms with van der Waals surface area (Å²) in [5.41, 5.74) is 4.21. The topological polar surface area (TPSA) is 99.8 Å². The predicted molar refractivity (Wildman–Crippen MR) is 173 cm³/mol. The molecule has 4 heterocycles. The number of urea groups is 1. The first-order chi connectivity index (χ1) is 21.0. The van der Waals surface area contributed by atoms with Gasteiger partial charge in [0, 0.05) is 34.5 Å². The van der Waals surface area contributed by atoms with Crippen molar-refractivity contribution in [3.63, 3.8) is 0 Å². The summed E-state index contributed by atoms with van der Waals surface area (Å²) in [5, 5.41) is 15.7. The van der Waals surface area contributed by atoms with Crippen LogP contribution in [0.4, 0.5) is 16.2 Å². The SMILES string of the molecule is O=C(NCN1CCCC1)Nc1cccc(Cn2c(=O)c3ccccc3n3c(-c4cc(Br)ccc4N4CCCC4)nnc23)c1. The fraction of sp³-hybridized carbons (Fsp3) is 0.312. The van der Waals surface area contributed by atoms with Crippen LogP contribution >= 0.6 is 15.9 Å². The Kier molecular flexibility index (Phi) is 7.58.